The molecule has 0 N–H and O–H groups in total. The Morgan fingerprint density at radius 2 is 2.41 bits per heavy atom. The minimum absolute atomic E-state index is 0.0364. The number of pyridine rings is 1. The van der Waals surface area contributed by atoms with E-state index in [0.29, 0.717) is 5.69 Å². The van der Waals surface area contributed by atoms with E-state index in [0.717, 1.165) is 30.4 Å². The molecule has 1 fully saturated rings. The van der Waals surface area contributed by atoms with Crippen LogP contribution in [0.25, 0.3) is 10.9 Å². The first-order valence-corrected chi connectivity index (χ1v) is 5.80. The minimum Gasteiger partial charge on any atom is -0.356 e. The van der Waals surface area contributed by atoms with Gasteiger partial charge in [-0.05, 0) is 31.2 Å². The molecule has 4 nitrogen and oxygen atoms in total. The molecule has 0 saturated carbocycles. The quantitative estimate of drug-likeness (QED) is 0.700. The molecule has 0 spiro atoms. The van der Waals surface area contributed by atoms with Crippen molar-refractivity contribution in [3.63, 3.8) is 0 Å². The SMILES string of the molecule is C#Cc1nccc2c1cnn2C1CCCCO1. The number of aromatic nitrogens is 3. The Morgan fingerprint density at radius 3 is 3.18 bits per heavy atom. The molecular weight excluding hydrogens is 214 g/mol. The van der Waals surface area contributed by atoms with Crippen LogP contribution in [0, 0.1) is 12.3 Å². The lowest BCUT2D eigenvalue weighted by Gasteiger charge is -2.23. The summed E-state index contributed by atoms with van der Waals surface area (Å²) in [7, 11) is 0. The Labute approximate surface area is 99.6 Å². The average Bonchev–Trinajstić information content (AvgIpc) is 2.83. The summed E-state index contributed by atoms with van der Waals surface area (Å²) in [6.07, 6.45) is 12.3. The third kappa shape index (κ3) is 1.69. The van der Waals surface area contributed by atoms with Gasteiger partial charge in [0.1, 0.15) is 5.69 Å². The van der Waals surface area contributed by atoms with E-state index in [-0.39, 0.29) is 6.23 Å². The molecule has 2 aromatic rings. The zero-order valence-corrected chi connectivity index (χ0v) is 9.47. The third-order valence-corrected chi connectivity index (χ3v) is 3.09. The first kappa shape index (κ1) is 10.3. The molecule has 1 unspecified atom stereocenters. The Bertz CT molecular complexity index is 576. The van der Waals surface area contributed by atoms with Gasteiger partial charge in [0.15, 0.2) is 6.23 Å². The lowest BCUT2D eigenvalue weighted by Crippen LogP contribution is -2.18. The summed E-state index contributed by atoms with van der Waals surface area (Å²) >= 11 is 0. The normalized spacial score (nSPS) is 20.3. The molecule has 1 aliphatic heterocycles. The standard InChI is InChI=1S/C13H13N3O/c1-2-11-10-9-15-16(12(10)6-7-14-11)13-5-3-4-8-17-13/h1,6-7,9,13H,3-5,8H2. The van der Waals surface area contributed by atoms with Crippen LogP contribution in [-0.2, 0) is 4.74 Å². The van der Waals surface area contributed by atoms with Crippen molar-refractivity contribution in [2.24, 2.45) is 0 Å². The van der Waals surface area contributed by atoms with Crippen molar-refractivity contribution in [3.05, 3.63) is 24.2 Å². The Hall–Kier alpha value is -1.86. The largest absolute Gasteiger partial charge is 0.356 e. The molecule has 3 rings (SSSR count). The molecule has 0 amide bonds. The molecule has 3 heterocycles. The van der Waals surface area contributed by atoms with Crippen molar-refractivity contribution in [1.29, 1.82) is 0 Å². The van der Waals surface area contributed by atoms with Crippen LogP contribution in [0.5, 0.6) is 0 Å². The summed E-state index contributed by atoms with van der Waals surface area (Å²) in [5.41, 5.74) is 1.64. The number of hydrogen-bond acceptors (Lipinski definition) is 3. The second-order valence-corrected chi connectivity index (χ2v) is 4.15. The van der Waals surface area contributed by atoms with Gasteiger partial charge in [-0.1, -0.05) is 0 Å². The maximum Gasteiger partial charge on any atom is 0.150 e. The van der Waals surface area contributed by atoms with Gasteiger partial charge in [-0.25, -0.2) is 9.67 Å². The van der Waals surface area contributed by atoms with Crippen molar-refractivity contribution >= 4 is 10.9 Å². The average molecular weight is 227 g/mol. The van der Waals surface area contributed by atoms with Gasteiger partial charge in [-0.2, -0.15) is 5.10 Å². The second-order valence-electron chi connectivity index (χ2n) is 4.15. The number of fused-ring (bicyclic) bond motifs is 1. The van der Waals surface area contributed by atoms with Crippen LogP contribution in [0.2, 0.25) is 0 Å². The lowest BCUT2D eigenvalue weighted by atomic mass is 10.2. The first-order valence-electron chi connectivity index (χ1n) is 5.80. The van der Waals surface area contributed by atoms with Gasteiger partial charge < -0.3 is 4.74 Å². The fraction of sp³-hybridized carbons (Fsp3) is 0.385. The molecule has 0 aliphatic carbocycles. The van der Waals surface area contributed by atoms with Gasteiger partial charge in [0.05, 0.1) is 17.1 Å². The van der Waals surface area contributed by atoms with Gasteiger partial charge >= 0.3 is 0 Å². The molecule has 1 aliphatic rings. The van der Waals surface area contributed by atoms with Gasteiger partial charge in [-0.15, -0.1) is 6.42 Å². The number of hydrogen-bond donors (Lipinski definition) is 0. The highest BCUT2D eigenvalue weighted by Gasteiger charge is 2.19. The van der Waals surface area contributed by atoms with E-state index in [1.165, 1.54) is 6.42 Å². The monoisotopic (exact) mass is 227 g/mol. The van der Waals surface area contributed by atoms with Crippen molar-refractivity contribution in [2.45, 2.75) is 25.5 Å². The molecule has 0 bridgehead atoms. The summed E-state index contributed by atoms with van der Waals surface area (Å²) in [5.74, 6) is 2.58. The van der Waals surface area contributed by atoms with E-state index in [4.69, 9.17) is 11.2 Å². The van der Waals surface area contributed by atoms with Crippen molar-refractivity contribution in [3.8, 4) is 12.3 Å². The molecular formula is C13H13N3O. The predicted octanol–water partition coefficient (Wildman–Crippen LogP) is 2.11. The zero-order valence-electron chi connectivity index (χ0n) is 9.47. The zero-order chi connectivity index (χ0) is 11.7. The van der Waals surface area contributed by atoms with E-state index < -0.39 is 0 Å². The Kier molecular flexibility index (Phi) is 2.54. The van der Waals surface area contributed by atoms with Crippen LogP contribution in [0.3, 0.4) is 0 Å². The fourth-order valence-corrected chi connectivity index (χ4v) is 2.23. The highest BCUT2D eigenvalue weighted by atomic mass is 16.5. The topological polar surface area (TPSA) is 39.9 Å². The summed E-state index contributed by atoms with van der Waals surface area (Å²) in [6.45, 7) is 0.805. The van der Waals surface area contributed by atoms with E-state index in [9.17, 15) is 0 Å². The molecule has 1 saturated heterocycles. The predicted molar refractivity (Wildman–Crippen MR) is 64.3 cm³/mol. The minimum atomic E-state index is 0.0364. The van der Waals surface area contributed by atoms with Crippen molar-refractivity contribution < 1.29 is 4.74 Å². The van der Waals surface area contributed by atoms with Crippen molar-refractivity contribution in [2.75, 3.05) is 6.61 Å². The highest BCUT2D eigenvalue weighted by Crippen LogP contribution is 2.26. The second kappa shape index (κ2) is 4.19. The Balaban J connectivity index is 2.09. The molecule has 0 aromatic carbocycles. The molecule has 17 heavy (non-hydrogen) atoms. The lowest BCUT2D eigenvalue weighted by molar-refractivity contribution is -0.0366. The summed E-state index contributed by atoms with van der Waals surface area (Å²) in [4.78, 5) is 4.15. The molecule has 86 valence electrons. The van der Waals surface area contributed by atoms with E-state index >= 15 is 0 Å². The van der Waals surface area contributed by atoms with Gasteiger partial charge in [0.25, 0.3) is 0 Å². The van der Waals surface area contributed by atoms with Crippen LogP contribution >= 0.6 is 0 Å². The molecule has 0 radical (unpaired) electrons. The molecule has 2 aromatic heterocycles. The highest BCUT2D eigenvalue weighted by molar-refractivity contribution is 5.83. The smallest absolute Gasteiger partial charge is 0.150 e. The number of ether oxygens (including phenoxy) is 1. The maximum absolute atomic E-state index is 5.73. The summed E-state index contributed by atoms with van der Waals surface area (Å²) in [5, 5.41) is 5.30. The molecule has 4 heteroatoms. The van der Waals surface area contributed by atoms with E-state index in [1.807, 2.05) is 10.7 Å². The number of rotatable bonds is 1. The van der Waals surface area contributed by atoms with Gasteiger partial charge in [-0.3, -0.25) is 0 Å². The fourth-order valence-electron chi connectivity index (χ4n) is 2.23. The Morgan fingerprint density at radius 1 is 1.47 bits per heavy atom. The van der Waals surface area contributed by atoms with E-state index in [2.05, 4.69) is 16.0 Å². The maximum atomic E-state index is 5.73. The summed E-state index contributed by atoms with van der Waals surface area (Å²) in [6, 6.07) is 1.93. The van der Waals surface area contributed by atoms with Gasteiger partial charge in [0, 0.05) is 12.8 Å². The van der Waals surface area contributed by atoms with Crippen LogP contribution in [0.15, 0.2) is 18.5 Å². The van der Waals surface area contributed by atoms with E-state index in [1.54, 1.807) is 12.4 Å². The summed E-state index contributed by atoms with van der Waals surface area (Å²) < 4.78 is 7.65. The number of terminal acetylenes is 1. The first-order chi connectivity index (χ1) is 8.40. The van der Waals surface area contributed by atoms with Crippen LogP contribution in [-0.4, -0.2) is 21.4 Å². The number of nitrogens with zero attached hydrogens (tertiary/aromatic N) is 3. The van der Waals surface area contributed by atoms with Gasteiger partial charge in [0.2, 0.25) is 0 Å². The van der Waals surface area contributed by atoms with Crippen LogP contribution in [0.1, 0.15) is 31.2 Å². The molecule has 1 atom stereocenters. The van der Waals surface area contributed by atoms with Crippen LogP contribution < -0.4 is 0 Å². The van der Waals surface area contributed by atoms with Crippen molar-refractivity contribution in [1.82, 2.24) is 14.8 Å². The van der Waals surface area contributed by atoms with Crippen LogP contribution in [0.4, 0.5) is 0 Å². The third-order valence-electron chi connectivity index (χ3n) is 3.09.